The van der Waals surface area contributed by atoms with Gasteiger partial charge in [0.15, 0.2) is 0 Å². The van der Waals surface area contributed by atoms with Crippen molar-refractivity contribution >= 4 is 22.5 Å². The molecule has 3 aromatic rings. The molecule has 0 aliphatic rings. The Morgan fingerprint density at radius 1 is 1.07 bits per heavy atom. The Labute approximate surface area is 151 Å². The van der Waals surface area contributed by atoms with E-state index in [4.69, 9.17) is 0 Å². The molecule has 0 unspecified atom stereocenters. The summed E-state index contributed by atoms with van der Waals surface area (Å²) >= 11 is 0. The zero-order chi connectivity index (χ0) is 19.4. The fraction of sp³-hybridized carbons (Fsp3) is 0.222. The Kier molecular flexibility index (Phi) is 5.20. The SMILES string of the molecule is O=C(CCCn1nnc2ccccc2c1=O)Nc1ccccc1C(F)(F)F. The van der Waals surface area contributed by atoms with E-state index in [-0.39, 0.29) is 30.6 Å². The first-order valence-corrected chi connectivity index (χ1v) is 8.15. The first-order chi connectivity index (χ1) is 12.9. The van der Waals surface area contributed by atoms with E-state index in [9.17, 15) is 22.8 Å². The third kappa shape index (κ3) is 4.30. The van der Waals surface area contributed by atoms with Crippen LogP contribution in [0, 0.1) is 0 Å². The van der Waals surface area contributed by atoms with Crippen LogP contribution in [0.5, 0.6) is 0 Å². The lowest BCUT2D eigenvalue weighted by atomic mass is 10.1. The van der Waals surface area contributed by atoms with Gasteiger partial charge in [-0.2, -0.15) is 13.2 Å². The maximum absolute atomic E-state index is 12.9. The molecule has 0 radical (unpaired) electrons. The Morgan fingerprint density at radius 2 is 1.78 bits per heavy atom. The molecule has 0 spiro atoms. The van der Waals surface area contributed by atoms with Gasteiger partial charge < -0.3 is 5.32 Å². The predicted molar refractivity (Wildman–Crippen MR) is 93.1 cm³/mol. The van der Waals surface area contributed by atoms with E-state index in [0.29, 0.717) is 10.9 Å². The molecule has 0 fully saturated rings. The summed E-state index contributed by atoms with van der Waals surface area (Å²) < 4.78 is 40.0. The summed E-state index contributed by atoms with van der Waals surface area (Å²) in [4.78, 5) is 24.3. The normalized spacial score (nSPS) is 11.5. The zero-order valence-electron chi connectivity index (χ0n) is 14.0. The van der Waals surface area contributed by atoms with Crippen LogP contribution in [0.15, 0.2) is 53.3 Å². The quantitative estimate of drug-likeness (QED) is 0.742. The second kappa shape index (κ2) is 7.56. The summed E-state index contributed by atoms with van der Waals surface area (Å²) in [5, 5.41) is 10.4. The highest BCUT2D eigenvalue weighted by atomic mass is 19.4. The first-order valence-electron chi connectivity index (χ1n) is 8.15. The van der Waals surface area contributed by atoms with Crippen LogP contribution in [0.25, 0.3) is 10.9 Å². The van der Waals surface area contributed by atoms with Crippen molar-refractivity contribution in [2.75, 3.05) is 5.32 Å². The number of nitrogens with zero attached hydrogens (tertiary/aromatic N) is 3. The standard InChI is InChI=1S/C18H15F3N4O2/c19-18(20,21)13-7-2-4-9-15(13)22-16(26)10-5-11-25-17(27)12-6-1-3-8-14(12)23-24-25/h1-4,6-9H,5,10-11H2,(H,22,26). The molecule has 0 aliphatic carbocycles. The molecule has 0 saturated heterocycles. The van der Waals surface area contributed by atoms with Crippen LogP contribution in [0.1, 0.15) is 18.4 Å². The molecule has 2 aromatic carbocycles. The molecule has 0 saturated carbocycles. The van der Waals surface area contributed by atoms with E-state index in [1.807, 2.05) is 0 Å². The number of halogens is 3. The van der Waals surface area contributed by atoms with Gasteiger partial charge in [0.25, 0.3) is 5.56 Å². The number of amides is 1. The molecule has 1 amide bonds. The van der Waals surface area contributed by atoms with Gasteiger partial charge in [-0.05, 0) is 30.7 Å². The summed E-state index contributed by atoms with van der Waals surface area (Å²) in [5.74, 6) is -0.575. The van der Waals surface area contributed by atoms with Crippen LogP contribution in [0.2, 0.25) is 0 Å². The largest absolute Gasteiger partial charge is 0.418 e. The van der Waals surface area contributed by atoms with E-state index in [1.165, 1.54) is 18.2 Å². The van der Waals surface area contributed by atoms with Crippen LogP contribution in [-0.4, -0.2) is 20.9 Å². The number of benzene rings is 2. The molecule has 6 nitrogen and oxygen atoms in total. The van der Waals surface area contributed by atoms with Crippen LogP contribution >= 0.6 is 0 Å². The molecule has 0 atom stereocenters. The predicted octanol–water partition coefficient (Wildman–Crippen LogP) is 3.23. The molecular formula is C18H15F3N4O2. The molecule has 1 N–H and O–H groups in total. The van der Waals surface area contributed by atoms with Crippen molar-refractivity contribution in [3.8, 4) is 0 Å². The summed E-state index contributed by atoms with van der Waals surface area (Å²) in [6, 6.07) is 11.5. The second-order valence-electron chi connectivity index (χ2n) is 5.83. The Balaban J connectivity index is 1.63. The zero-order valence-corrected chi connectivity index (χ0v) is 14.0. The van der Waals surface area contributed by atoms with Gasteiger partial charge in [-0.15, -0.1) is 5.10 Å². The third-order valence-corrected chi connectivity index (χ3v) is 3.91. The molecule has 9 heteroatoms. The topological polar surface area (TPSA) is 76.9 Å². The number of rotatable bonds is 5. The molecule has 27 heavy (non-hydrogen) atoms. The van der Waals surface area contributed by atoms with E-state index < -0.39 is 17.6 Å². The van der Waals surface area contributed by atoms with Crippen molar-refractivity contribution in [2.45, 2.75) is 25.6 Å². The number of fused-ring (bicyclic) bond motifs is 1. The number of aromatic nitrogens is 3. The lowest BCUT2D eigenvalue weighted by Gasteiger charge is -2.13. The number of nitrogens with one attached hydrogen (secondary N) is 1. The fourth-order valence-corrected chi connectivity index (χ4v) is 2.61. The molecule has 0 aliphatic heterocycles. The van der Waals surface area contributed by atoms with Gasteiger partial charge in [-0.1, -0.05) is 29.5 Å². The van der Waals surface area contributed by atoms with Crippen molar-refractivity contribution in [2.24, 2.45) is 0 Å². The average molecular weight is 376 g/mol. The summed E-state index contributed by atoms with van der Waals surface area (Å²) in [7, 11) is 0. The Hall–Kier alpha value is -3.23. The fourth-order valence-electron chi connectivity index (χ4n) is 2.61. The van der Waals surface area contributed by atoms with Crippen LogP contribution in [0.3, 0.4) is 0 Å². The van der Waals surface area contributed by atoms with Gasteiger partial charge in [0.05, 0.1) is 16.6 Å². The highest BCUT2D eigenvalue weighted by Gasteiger charge is 2.33. The highest BCUT2D eigenvalue weighted by Crippen LogP contribution is 2.34. The van der Waals surface area contributed by atoms with Crippen molar-refractivity contribution in [1.82, 2.24) is 15.0 Å². The van der Waals surface area contributed by atoms with Gasteiger partial charge >= 0.3 is 6.18 Å². The maximum atomic E-state index is 12.9. The second-order valence-corrected chi connectivity index (χ2v) is 5.83. The number of carbonyl (C=O) groups is 1. The van der Waals surface area contributed by atoms with Gasteiger partial charge in [-0.25, -0.2) is 4.68 Å². The number of anilines is 1. The Bertz CT molecular complexity index is 1030. The number of aryl methyl sites for hydroxylation is 1. The van der Waals surface area contributed by atoms with Gasteiger partial charge in [0, 0.05) is 13.0 Å². The number of carbonyl (C=O) groups excluding carboxylic acids is 1. The molecule has 0 bridgehead atoms. The minimum Gasteiger partial charge on any atom is -0.326 e. The smallest absolute Gasteiger partial charge is 0.326 e. The van der Waals surface area contributed by atoms with Gasteiger partial charge in [0.1, 0.15) is 5.52 Å². The lowest BCUT2D eigenvalue weighted by Crippen LogP contribution is -2.25. The molecule has 1 heterocycles. The van der Waals surface area contributed by atoms with Crippen molar-refractivity contribution in [3.05, 3.63) is 64.4 Å². The lowest BCUT2D eigenvalue weighted by molar-refractivity contribution is -0.137. The van der Waals surface area contributed by atoms with Gasteiger partial charge in [0.2, 0.25) is 5.91 Å². The Morgan fingerprint density at radius 3 is 2.56 bits per heavy atom. The molecule has 140 valence electrons. The molecule has 3 rings (SSSR count). The first kappa shape index (κ1) is 18.6. The van der Waals surface area contributed by atoms with E-state index >= 15 is 0 Å². The number of alkyl halides is 3. The van der Waals surface area contributed by atoms with E-state index in [2.05, 4.69) is 15.6 Å². The average Bonchev–Trinajstić information content (AvgIpc) is 2.63. The molecular weight excluding hydrogens is 361 g/mol. The van der Waals surface area contributed by atoms with Crippen molar-refractivity contribution in [3.63, 3.8) is 0 Å². The van der Waals surface area contributed by atoms with Gasteiger partial charge in [-0.3, -0.25) is 9.59 Å². The number of hydrogen-bond acceptors (Lipinski definition) is 4. The van der Waals surface area contributed by atoms with Crippen LogP contribution < -0.4 is 10.9 Å². The highest BCUT2D eigenvalue weighted by molar-refractivity contribution is 5.91. The van der Waals surface area contributed by atoms with Crippen molar-refractivity contribution in [1.29, 1.82) is 0 Å². The van der Waals surface area contributed by atoms with Crippen LogP contribution in [0.4, 0.5) is 18.9 Å². The number of para-hydroxylation sites is 1. The summed E-state index contributed by atoms with van der Waals surface area (Å²) in [6.45, 7) is 0.130. The monoisotopic (exact) mass is 376 g/mol. The maximum Gasteiger partial charge on any atom is 0.418 e. The summed E-state index contributed by atoms with van der Waals surface area (Å²) in [6.07, 6.45) is -4.39. The third-order valence-electron chi connectivity index (χ3n) is 3.91. The minimum absolute atomic E-state index is 0.0624. The van der Waals surface area contributed by atoms with E-state index in [1.54, 1.807) is 24.3 Å². The van der Waals surface area contributed by atoms with E-state index in [0.717, 1.165) is 10.7 Å². The van der Waals surface area contributed by atoms with Crippen LogP contribution in [-0.2, 0) is 17.5 Å². The minimum atomic E-state index is -4.56. The molecule has 1 aromatic heterocycles. The summed E-state index contributed by atoms with van der Waals surface area (Å²) in [5.41, 5.74) is -1.06. The van der Waals surface area contributed by atoms with Crippen molar-refractivity contribution < 1.29 is 18.0 Å². The number of hydrogen-bond donors (Lipinski definition) is 1.